The lowest BCUT2D eigenvalue weighted by molar-refractivity contribution is -0.0541. The molecule has 0 aliphatic carbocycles. The quantitative estimate of drug-likeness (QED) is 0.274. The summed E-state index contributed by atoms with van der Waals surface area (Å²) in [5.74, 6) is -0.0787. The van der Waals surface area contributed by atoms with E-state index in [4.69, 9.17) is 25.2 Å². The zero-order valence-electron chi connectivity index (χ0n) is 12.2. The van der Waals surface area contributed by atoms with Crippen molar-refractivity contribution >= 4 is 21.5 Å². The molecule has 1 aliphatic heterocycles. The van der Waals surface area contributed by atoms with E-state index in [2.05, 4.69) is 13.8 Å². The summed E-state index contributed by atoms with van der Waals surface area (Å²) in [6.07, 6.45) is -4.93. The number of anilines is 1. The largest absolute Gasteiger partial charge is 0.481 e. The normalized spacial score (nSPS) is 29.5. The van der Waals surface area contributed by atoms with Crippen molar-refractivity contribution in [1.82, 2.24) is 9.55 Å². The molecule has 0 bridgehead atoms. The average molecular weight is 403 g/mol. The molecule has 2 heterocycles. The SMILES string of the molecule is Nc1ccn([C@H]2O[C@@H](COP(=O)(O)OP(=O)(O)O)[C@@H](O)[C@@H]2O)c(=O)n1. The smallest absolute Gasteiger partial charge is 0.387 e. The molecule has 142 valence electrons. The lowest BCUT2D eigenvalue weighted by Crippen LogP contribution is -2.36. The van der Waals surface area contributed by atoms with Gasteiger partial charge in [0.15, 0.2) is 6.23 Å². The number of ether oxygens (including phenoxy) is 1. The molecule has 0 amide bonds. The van der Waals surface area contributed by atoms with Gasteiger partial charge >= 0.3 is 21.3 Å². The number of nitrogen functional groups attached to an aromatic ring is 1. The molecule has 25 heavy (non-hydrogen) atoms. The molecular formula is C9H15N3O11P2. The minimum absolute atomic E-state index is 0.0787. The van der Waals surface area contributed by atoms with Crippen LogP contribution < -0.4 is 11.4 Å². The summed E-state index contributed by atoms with van der Waals surface area (Å²) in [6, 6.07) is 1.24. The van der Waals surface area contributed by atoms with E-state index in [9.17, 15) is 24.1 Å². The number of nitrogens with zero attached hydrogens (tertiary/aromatic N) is 2. The monoisotopic (exact) mass is 403 g/mol. The van der Waals surface area contributed by atoms with Crippen LogP contribution in [0, 0.1) is 0 Å². The number of phosphoric ester groups is 1. The molecule has 1 saturated heterocycles. The molecule has 0 spiro atoms. The highest BCUT2D eigenvalue weighted by Gasteiger charge is 2.45. The lowest BCUT2D eigenvalue weighted by atomic mass is 10.1. The number of aliphatic hydroxyl groups is 2. The van der Waals surface area contributed by atoms with E-state index in [1.165, 1.54) is 6.07 Å². The first kappa shape index (κ1) is 20.1. The molecule has 1 aliphatic rings. The predicted octanol–water partition coefficient (Wildman–Crippen LogP) is -2.33. The fourth-order valence-electron chi connectivity index (χ4n) is 2.04. The first-order valence-corrected chi connectivity index (χ1v) is 9.53. The maximum atomic E-state index is 11.7. The van der Waals surface area contributed by atoms with Gasteiger partial charge in [0.2, 0.25) is 0 Å². The number of phosphoric acid groups is 2. The van der Waals surface area contributed by atoms with E-state index >= 15 is 0 Å². The summed E-state index contributed by atoms with van der Waals surface area (Å²) >= 11 is 0. The molecule has 0 radical (unpaired) electrons. The topological polar surface area (TPSA) is 224 Å². The Morgan fingerprint density at radius 2 is 1.92 bits per heavy atom. The van der Waals surface area contributed by atoms with Crippen molar-refractivity contribution in [1.29, 1.82) is 0 Å². The summed E-state index contributed by atoms with van der Waals surface area (Å²) in [7, 11) is -10.5. The van der Waals surface area contributed by atoms with Gasteiger partial charge in [-0.3, -0.25) is 9.09 Å². The van der Waals surface area contributed by atoms with Crippen LogP contribution in [-0.4, -0.2) is 59.4 Å². The van der Waals surface area contributed by atoms with E-state index in [0.29, 0.717) is 0 Å². The zero-order chi connectivity index (χ0) is 19.0. The number of rotatable bonds is 6. The molecule has 14 nitrogen and oxygen atoms in total. The molecule has 0 aromatic carbocycles. The third kappa shape index (κ3) is 5.15. The molecular weight excluding hydrogens is 388 g/mol. The van der Waals surface area contributed by atoms with Gasteiger partial charge < -0.3 is 35.4 Å². The Morgan fingerprint density at radius 3 is 2.48 bits per heavy atom. The first-order chi connectivity index (χ1) is 11.4. The Hall–Kier alpha value is -1.18. The molecule has 5 atom stereocenters. The fourth-order valence-corrected chi connectivity index (χ4v) is 3.64. The van der Waals surface area contributed by atoms with Gasteiger partial charge in [0.05, 0.1) is 6.61 Å². The van der Waals surface area contributed by atoms with Crippen LogP contribution in [0.1, 0.15) is 6.23 Å². The maximum absolute atomic E-state index is 11.7. The molecule has 1 aromatic rings. The summed E-state index contributed by atoms with van der Waals surface area (Å²) in [5, 5.41) is 19.8. The van der Waals surface area contributed by atoms with Crippen LogP contribution in [0.4, 0.5) is 5.82 Å². The van der Waals surface area contributed by atoms with E-state index in [0.717, 1.165) is 10.8 Å². The van der Waals surface area contributed by atoms with Gasteiger partial charge in [-0.05, 0) is 6.07 Å². The van der Waals surface area contributed by atoms with Crippen molar-refractivity contribution in [3.05, 3.63) is 22.7 Å². The molecule has 1 unspecified atom stereocenters. The Bertz CT molecular complexity index is 778. The minimum atomic E-state index is -5.30. The van der Waals surface area contributed by atoms with Crippen molar-refractivity contribution < 1.29 is 47.6 Å². The van der Waals surface area contributed by atoms with Crippen LogP contribution in [0.2, 0.25) is 0 Å². The Labute approximate surface area is 139 Å². The highest BCUT2D eigenvalue weighted by Crippen LogP contribution is 2.57. The van der Waals surface area contributed by atoms with Gasteiger partial charge in [-0.25, -0.2) is 13.9 Å². The van der Waals surface area contributed by atoms with Crippen LogP contribution in [0.3, 0.4) is 0 Å². The summed E-state index contributed by atoms with van der Waals surface area (Å²) in [4.78, 5) is 41.3. The van der Waals surface area contributed by atoms with Crippen LogP contribution in [0.5, 0.6) is 0 Å². The van der Waals surface area contributed by atoms with E-state index in [1.54, 1.807) is 0 Å². The Kier molecular flexibility index (Phi) is 5.81. The van der Waals surface area contributed by atoms with Crippen LogP contribution >= 0.6 is 15.6 Å². The zero-order valence-corrected chi connectivity index (χ0v) is 14.0. The van der Waals surface area contributed by atoms with Crippen molar-refractivity contribution in [2.75, 3.05) is 12.3 Å². The van der Waals surface area contributed by atoms with Gasteiger partial charge in [0.1, 0.15) is 24.1 Å². The maximum Gasteiger partial charge on any atom is 0.481 e. The number of nitrogens with two attached hydrogens (primary N) is 1. The Morgan fingerprint density at radius 1 is 1.28 bits per heavy atom. The highest BCUT2D eigenvalue weighted by molar-refractivity contribution is 7.60. The van der Waals surface area contributed by atoms with Crippen molar-refractivity contribution in [2.24, 2.45) is 0 Å². The number of aromatic nitrogens is 2. The average Bonchev–Trinajstić information content (AvgIpc) is 2.71. The fraction of sp³-hybridized carbons (Fsp3) is 0.556. The van der Waals surface area contributed by atoms with Crippen molar-refractivity contribution in [3.8, 4) is 0 Å². The van der Waals surface area contributed by atoms with Gasteiger partial charge in [-0.15, -0.1) is 0 Å². The number of hydrogen-bond acceptors (Lipinski definition) is 10. The molecule has 0 saturated carbocycles. The Balaban J connectivity index is 2.08. The summed E-state index contributed by atoms with van der Waals surface area (Å²) in [6.45, 7) is -0.875. The van der Waals surface area contributed by atoms with Gasteiger partial charge in [0, 0.05) is 6.20 Å². The lowest BCUT2D eigenvalue weighted by Gasteiger charge is -2.17. The predicted molar refractivity (Wildman–Crippen MR) is 77.7 cm³/mol. The second-order valence-electron chi connectivity index (χ2n) is 4.93. The second kappa shape index (κ2) is 7.21. The molecule has 1 fully saturated rings. The van der Waals surface area contributed by atoms with E-state index < -0.39 is 52.5 Å². The third-order valence-corrected chi connectivity index (χ3v) is 5.23. The van der Waals surface area contributed by atoms with E-state index in [1.807, 2.05) is 0 Å². The molecule has 2 rings (SSSR count). The van der Waals surface area contributed by atoms with Crippen LogP contribution in [0.15, 0.2) is 17.1 Å². The highest BCUT2D eigenvalue weighted by atomic mass is 31.3. The molecule has 7 N–H and O–H groups in total. The number of aliphatic hydroxyl groups excluding tert-OH is 2. The third-order valence-electron chi connectivity index (χ3n) is 3.07. The van der Waals surface area contributed by atoms with Crippen LogP contribution in [-0.2, 0) is 22.7 Å². The summed E-state index contributed by atoms with van der Waals surface area (Å²) in [5.41, 5.74) is 4.45. The molecule has 16 heteroatoms. The van der Waals surface area contributed by atoms with E-state index in [-0.39, 0.29) is 5.82 Å². The van der Waals surface area contributed by atoms with Gasteiger partial charge in [-0.1, -0.05) is 0 Å². The minimum Gasteiger partial charge on any atom is -0.387 e. The first-order valence-electron chi connectivity index (χ1n) is 6.50. The summed E-state index contributed by atoms with van der Waals surface area (Å²) < 4.78 is 35.8. The second-order valence-corrected chi connectivity index (χ2v) is 7.75. The van der Waals surface area contributed by atoms with Crippen molar-refractivity contribution in [3.63, 3.8) is 0 Å². The molecule has 1 aromatic heterocycles. The van der Waals surface area contributed by atoms with Gasteiger partial charge in [-0.2, -0.15) is 9.29 Å². The van der Waals surface area contributed by atoms with Crippen molar-refractivity contribution in [2.45, 2.75) is 24.5 Å². The number of hydrogen-bond donors (Lipinski definition) is 6. The van der Waals surface area contributed by atoms with Gasteiger partial charge in [0.25, 0.3) is 0 Å². The van der Waals surface area contributed by atoms with Crippen LogP contribution in [0.25, 0.3) is 0 Å². The standard InChI is InChI=1S/C9H15N3O11P2/c10-5-1-2-12(9(15)11-5)8-7(14)6(13)4(22-8)3-21-25(19,20)23-24(16,17)18/h1-2,4,6-8,13-14H,3H2,(H,19,20)(H2,10,11,15)(H2,16,17,18)/t4-,6+,7-,8-/m0/s1.